The summed E-state index contributed by atoms with van der Waals surface area (Å²) in [5.41, 5.74) is 5.72. The van der Waals surface area contributed by atoms with Crippen molar-refractivity contribution in [1.29, 1.82) is 0 Å². The molecule has 1 aromatic rings. The molecule has 2 atom stereocenters. The van der Waals surface area contributed by atoms with Crippen molar-refractivity contribution >= 4 is 0 Å². The number of hydrogen-bond acceptors (Lipinski definition) is 0. The molecule has 0 saturated heterocycles. The summed E-state index contributed by atoms with van der Waals surface area (Å²) in [6.07, 6.45) is 6.97. The Morgan fingerprint density at radius 1 is 1.00 bits per heavy atom. The minimum absolute atomic E-state index is 0.546. The quantitative estimate of drug-likeness (QED) is 0.641. The van der Waals surface area contributed by atoms with Gasteiger partial charge in [0.25, 0.3) is 0 Å². The number of hydrogen-bond donors (Lipinski definition) is 0. The van der Waals surface area contributed by atoms with Gasteiger partial charge < -0.3 is 0 Å². The van der Waals surface area contributed by atoms with Gasteiger partial charge in [0.15, 0.2) is 0 Å². The molecule has 0 aromatic heterocycles. The largest absolute Gasteiger partial charge is 0.0778 e. The van der Waals surface area contributed by atoms with Gasteiger partial charge in [-0.05, 0) is 43.4 Å². The third kappa shape index (κ3) is 1.97. The van der Waals surface area contributed by atoms with Crippen LogP contribution >= 0.6 is 0 Å². The lowest BCUT2D eigenvalue weighted by molar-refractivity contribution is 0.624. The molecule has 0 amide bonds. The van der Waals surface area contributed by atoms with Crippen molar-refractivity contribution < 1.29 is 0 Å². The van der Waals surface area contributed by atoms with E-state index in [2.05, 4.69) is 64.1 Å². The molecule has 0 heterocycles. The fraction of sp³-hybridized carbons (Fsp3) is 0.375. The molecular formula is C16H20. The minimum atomic E-state index is 0.546. The summed E-state index contributed by atoms with van der Waals surface area (Å²) < 4.78 is 0. The predicted molar refractivity (Wildman–Crippen MR) is 70.7 cm³/mol. The highest BCUT2D eigenvalue weighted by Crippen LogP contribution is 2.35. The summed E-state index contributed by atoms with van der Waals surface area (Å²) in [7, 11) is 0. The Balaban J connectivity index is 2.43. The zero-order valence-corrected chi connectivity index (χ0v) is 10.6. The van der Waals surface area contributed by atoms with Gasteiger partial charge in [-0.3, -0.25) is 0 Å². The third-order valence-electron chi connectivity index (χ3n) is 3.53. The Labute approximate surface area is 98.7 Å². The van der Waals surface area contributed by atoms with Crippen molar-refractivity contribution in [2.24, 2.45) is 5.92 Å². The van der Waals surface area contributed by atoms with Gasteiger partial charge in [0.2, 0.25) is 0 Å². The summed E-state index contributed by atoms with van der Waals surface area (Å²) in [6.45, 7) is 8.92. The first-order chi connectivity index (χ1) is 7.59. The number of benzene rings is 1. The molecule has 0 nitrogen and oxygen atoms in total. The van der Waals surface area contributed by atoms with Crippen molar-refractivity contribution in [2.75, 3.05) is 0 Å². The van der Waals surface area contributed by atoms with Crippen molar-refractivity contribution in [3.8, 4) is 0 Å². The first-order valence-corrected chi connectivity index (χ1v) is 6.02. The van der Waals surface area contributed by atoms with Gasteiger partial charge in [-0.15, -0.1) is 0 Å². The van der Waals surface area contributed by atoms with E-state index >= 15 is 0 Å². The molecule has 0 radical (unpaired) electrons. The molecule has 2 rings (SSSR count). The SMILES string of the molecule is CC1=CC(C)C(c2c(C)cccc2C)C=C1. The van der Waals surface area contributed by atoms with E-state index < -0.39 is 0 Å². The Kier molecular flexibility index (Phi) is 3.00. The molecule has 0 bridgehead atoms. The van der Waals surface area contributed by atoms with Crippen LogP contribution in [0.4, 0.5) is 0 Å². The maximum atomic E-state index is 2.37. The number of rotatable bonds is 1. The second-order valence-electron chi connectivity index (χ2n) is 4.96. The Bertz CT molecular complexity index is 429. The van der Waals surface area contributed by atoms with Crippen LogP contribution < -0.4 is 0 Å². The van der Waals surface area contributed by atoms with Crippen LogP contribution in [-0.2, 0) is 0 Å². The van der Waals surface area contributed by atoms with Crippen LogP contribution in [0.5, 0.6) is 0 Å². The van der Waals surface area contributed by atoms with Gasteiger partial charge in [-0.1, -0.05) is 48.9 Å². The number of allylic oxidation sites excluding steroid dienone is 4. The van der Waals surface area contributed by atoms with E-state index in [9.17, 15) is 0 Å². The lowest BCUT2D eigenvalue weighted by Crippen LogP contribution is -2.11. The first kappa shape index (κ1) is 11.2. The zero-order valence-electron chi connectivity index (χ0n) is 10.6. The average Bonchev–Trinajstić information content (AvgIpc) is 2.20. The molecule has 0 spiro atoms. The summed E-state index contributed by atoms with van der Waals surface area (Å²) in [6, 6.07) is 6.58. The second-order valence-corrected chi connectivity index (χ2v) is 4.96. The van der Waals surface area contributed by atoms with Gasteiger partial charge in [0, 0.05) is 5.92 Å². The minimum Gasteiger partial charge on any atom is -0.0778 e. The fourth-order valence-corrected chi connectivity index (χ4v) is 2.72. The van der Waals surface area contributed by atoms with Crippen LogP contribution in [-0.4, -0.2) is 0 Å². The summed E-state index contributed by atoms with van der Waals surface area (Å²) in [5.74, 6) is 1.15. The molecule has 0 heteroatoms. The highest BCUT2D eigenvalue weighted by atomic mass is 14.2. The molecule has 1 aliphatic carbocycles. The monoisotopic (exact) mass is 212 g/mol. The van der Waals surface area contributed by atoms with E-state index in [0.29, 0.717) is 11.8 Å². The molecule has 16 heavy (non-hydrogen) atoms. The molecular weight excluding hydrogens is 192 g/mol. The van der Waals surface area contributed by atoms with Crippen LogP contribution in [0.15, 0.2) is 42.0 Å². The van der Waals surface area contributed by atoms with Crippen molar-refractivity contribution in [3.05, 3.63) is 58.7 Å². The van der Waals surface area contributed by atoms with Crippen LogP contribution in [0.1, 0.15) is 36.5 Å². The van der Waals surface area contributed by atoms with Gasteiger partial charge in [-0.25, -0.2) is 0 Å². The molecule has 2 unspecified atom stereocenters. The topological polar surface area (TPSA) is 0 Å². The lowest BCUT2D eigenvalue weighted by atomic mass is 9.79. The van der Waals surface area contributed by atoms with Crippen molar-refractivity contribution in [1.82, 2.24) is 0 Å². The Morgan fingerprint density at radius 2 is 1.62 bits per heavy atom. The smallest absolute Gasteiger partial charge is 0.00868 e. The summed E-state index contributed by atoms with van der Waals surface area (Å²) >= 11 is 0. The zero-order chi connectivity index (χ0) is 11.7. The predicted octanol–water partition coefficient (Wildman–Crippen LogP) is 4.54. The third-order valence-corrected chi connectivity index (χ3v) is 3.53. The Morgan fingerprint density at radius 3 is 2.19 bits per heavy atom. The molecule has 0 aliphatic heterocycles. The van der Waals surface area contributed by atoms with Crippen molar-refractivity contribution in [3.63, 3.8) is 0 Å². The molecule has 1 aliphatic rings. The van der Waals surface area contributed by atoms with E-state index in [-0.39, 0.29) is 0 Å². The average molecular weight is 212 g/mol. The van der Waals surface area contributed by atoms with E-state index in [4.69, 9.17) is 0 Å². The van der Waals surface area contributed by atoms with Crippen LogP contribution in [0.2, 0.25) is 0 Å². The highest BCUT2D eigenvalue weighted by molar-refractivity contribution is 5.42. The van der Waals surface area contributed by atoms with Gasteiger partial charge in [0.05, 0.1) is 0 Å². The van der Waals surface area contributed by atoms with E-state index in [1.54, 1.807) is 0 Å². The highest BCUT2D eigenvalue weighted by Gasteiger charge is 2.20. The van der Waals surface area contributed by atoms with Gasteiger partial charge >= 0.3 is 0 Å². The summed E-state index contributed by atoms with van der Waals surface area (Å²) in [5, 5.41) is 0. The first-order valence-electron chi connectivity index (χ1n) is 6.02. The van der Waals surface area contributed by atoms with Crippen LogP contribution in [0.25, 0.3) is 0 Å². The normalized spacial score (nSPS) is 24.4. The molecule has 0 N–H and O–H groups in total. The maximum Gasteiger partial charge on any atom is 0.00868 e. The standard InChI is InChI=1S/C16H20/c1-11-8-9-15(14(4)10-11)16-12(2)6-5-7-13(16)3/h5-10,14-15H,1-4H3. The molecule has 1 aromatic carbocycles. The molecule has 0 saturated carbocycles. The van der Waals surface area contributed by atoms with E-state index in [1.165, 1.54) is 22.3 Å². The van der Waals surface area contributed by atoms with Gasteiger partial charge in [-0.2, -0.15) is 0 Å². The van der Waals surface area contributed by atoms with E-state index in [1.807, 2.05) is 0 Å². The van der Waals surface area contributed by atoms with E-state index in [0.717, 1.165) is 0 Å². The number of aryl methyl sites for hydroxylation is 2. The summed E-state index contributed by atoms with van der Waals surface area (Å²) in [4.78, 5) is 0. The Hall–Kier alpha value is -1.30. The fourth-order valence-electron chi connectivity index (χ4n) is 2.72. The molecule has 84 valence electrons. The van der Waals surface area contributed by atoms with Crippen LogP contribution in [0, 0.1) is 19.8 Å². The van der Waals surface area contributed by atoms with Crippen LogP contribution in [0.3, 0.4) is 0 Å². The van der Waals surface area contributed by atoms with Crippen molar-refractivity contribution in [2.45, 2.75) is 33.6 Å². The lowest BCUT2D eigenvalue weighted by Gasteiger charge is -2.25. The maximum absolute atomic E-state index is 2.37. The second kappa shape index (κ2) is 4.29. The van der Waals surface area contributed by atoms with Gasteiger partial charge in [0.1, 0.15) is 0 Å². The molecule has 0 fully saturated rings.